The number of carbonyl (C=O) groups is 8. The number of hydrogen-bond acceptors (Lipinski definition) is 16. The van der Waals surface area contributed by atoms with Gasteiger partial charge in [-0.25, -0.2) is 8.78 Å². The molecule has 0 aromatic heterocycles. The van der Waals surface area contributed by atoms with Gasteiger partial charge in [-0.2, -0.15) is 5.26 Å². The van der Waals surface area contributed by atoms with Gasteiger partial charge in [0.25, 0.3) is 5.92 Å². The molecule has 24 nitrogen and oxygen atoms in total. The average Bonchev–Trinajstić information content (AvgIpc) is 4.04. The molecule has 0 radical (unpaired) electrons. The maximum atomic E-state index is 14.0. The first-order valence-electron chi connectivity index (χ1n) is 26.0. The molecular formula is C50H75F2N11O13. The molecule has 0 aliphatic carbocycles. The fourth-order valence-corrected chi connectivity index (χ4v) is 10.00. The minimum absolute atomic E-state index is 0.0331. The summed E-state index contributed by atoms with van der Waals surface area (Å²) in [4.78, 5) is 111. The molecule has 0 spiro atoms. The first-order valence-corrected chi connectivity index (χ1v) is 26.0. The van der Waals surface area contributed by atoms with E-state index in [0.717, 1.165) is 16.7 Å². The zero-order valence-electron chi connectivity index (χ0n) is 43.4. The van der Waals surface area contributed by atoms with Gasteiger partial charge < -0.3 is 51.0 Å². The van der Waals surface area contributed by atoms with Crippen LogP contribution in [0.5, 0.6) is 0 Å². The van der Waals surface area contributed by atoms with Crippen LogP contribution >= 0.6 is 0 Å². The summed E-state index contributed by atoms with van der Waals surface area (Å²) < 4.78 is 38.5. The van der Waals surface area contributed by atoms with Crippen LogP contribution < -0.4 is 21.3 Å². The Morgan fingerprint density at radius 1 is 0.816 bits per heavy atom. The van der Waals surface area contributed by atoms with Crippen molar-refractivity contribution in [3.63, 3.8) is 0 Å². The molecule has 26 heteroatoms. The van der Waals surface area contributed by atoms with Gasteiger partial charge in [0.2, 0.25) is 29.5 Å². The Balaban J connectivity index is 1.10. The Kier molecular flexibility index (Phi) is 24.6. The number of aliphatic carboxylic acids is 3. The summed E-state index contributed by atoms with van der Waals surface area (Å²) in [6, 6.07) is 5.23. The first-order chi connectivity index (χ1) is 36.3. The van der Waals surface area contributed by atoms with Gasteiger partial charge in [-0.1, -0.05) is 18.2 Å². The highest BCUT2D eigenvalue weighted by molar-refractivity contribution is 5.88. The van der Waals surface area contributed by atoms with Crippen LogP contribution in [0.3, 0.4) is 0 Å². The number of ether oxygens (including phenoxy) is 2. The van der Waals surface area contributed by atoms with E-state index in [2.05, 4.69) is 21.3 Å². The van der Waals surface area contributed by atoms with E-state index in [-0.39, 0.29) is 161 Å². The number of carbonyl (C=O) groups excluding carboxylic acids is 5. The maximum Gasteiger partial charge on any atom is 0.317 e. The van der Waals surface area contributed by atoms with Gasteiger partial charge >= 0.3 is 17.9 Å². The van der Waals surface area contributed by atoms with E-state index >= 15 is 0 Å². The van der Waals surface area contributed by atoms with Crippen LogP contribution in [0.25, 0.3) is 0 Å². The molecular weight excluding hydrogens is 1000 g/mol. The summed E-state index contributed by atoms with van der Waals surface area (Å²) in [5, 5.41) is 49.3. The Morgan fingerprint density at radius 3 is 2.03 bits per heavy atom. The highest BCUT2D eigenvalue weighted by atomic mass is 19.3. The lowest BCUT2D eigenvalue weighted by molar-refractivity contribution is -0.140. The minimum atomic E-state index is -2.98. The number of carboxylic acid groups (broad SMARTS) is 3. The van der Waals surface area contributed by atoms with Crippen LogP contribution in [-0.4, -0.2) is 248 Å². The van der Waals surface area contributed by atoms with Crippen LogP contribution in [0.2, 0.25) is 0 Å². The van der Waals surface area contributed by atoms with Gasteiger partial charge in [0.1, 0.15) is 12.1 Å². The summed E-state index contributed by atoms with van der Waals surface area (Å²) in [5.41, 5.74) is 2.66. The second-order valence-electron chi connectivity index (χ2n) is 19.9. The topological polar surface area (TPSA) is 307 Å². The zero-order chi connectivity index (χ0) is 55.2. The first kappa shape index (κ1) is 60.9. The van der Waals surface area contributed by atoms with Gasteiger partial charge in [0.15, 0.2) is 0 Å². The van der Waals surface area contributed by atoms with Crippen LogP contribution in [0.4, 0.5) is 8.78 Å². The third-order valence-corrected chi connectivity index (χ3v) is 14.0. The largest absolute Gasteiger partial charge is 0.480 e. The molecule has 4 atom stereocenters. The molecule has 4 heterocycles. The van der Waals surface area contributed by atoms with E-state index in [0.29, 0.717) is 39.0 Å². The third kappa shape index (κ3) is 20.9. The van der Waals surface area contributed by atoms with Gasteiger partial charge in [-0.15, -0.1) is 0 Å². The number of nitrogens with zero attached hydrogens (tertiary/aromatic N) is 7. The predicted octanol–water partition coefficient (Wildman–Crippen LogP) is -1.38. The number of methoxy groups -OCH3 is 1. The third-order valence-electron chi connectivity index (χ3n) is 14.0. The number of halogens is 2. The quantitative estimate of drug-likeness (QED) is 0.0476. The van der Waals surface area contributed by atoms with Crippen LogP contribution in [-0.2, 0) is 67.3 Å². The summed E-state index contributed by atoms with van der Waals surface area (Å²) >= 11 is 0. The number of benzene rings is 1. The summed E-state index contributed by atoms with van der Waals surface area (Å²) in [6.07, 6.45) is 1.15. The average molecular weight is 1080 g/mol. The highest BCUT2D eigenvalue weighted by Gasteiger charge is 2.47. The lowest BCUT2D eigenvalue weighted by Gasteiger charge is -2.32. The highest BCUT2D eigenvalue weighted by Crippen LogP contribution is 2.34. The van der Waals surface area contributed by atoms with E-state index in [4.69, 9.17) is 9.47 Å². The standard InChI is InChI=1S/C50H75F2N11O13/c1-75-21-22-76-20-11-55-49(74)41(7-2-3-10-54-43(65)30-58-12-14-59(31-45(67)68)16-18-61(33-47(71)72)19-17-60(15-13-58)32-46(69)70)57-42(64)9-8-35-5-4-6-36-27-62(29-40(35)36)44(66)24-37-23-38(56-48(37)73)28-63-34-50(51,52)25-39(63)26-53/h4-6,37-39,41H,2-3,7-25,27-34H2,1H3,(H,54,65)(H,55,74)(H,56,73)(H,57,64)(H,67,68)(H,69,70)(H,71,72)/t37-,38-,39-,41?/m0/s1. The van der Waals surface area contributed by atoms with E-state index in [1.54, 1.807) is 26.7 Å². The van der Waals surface area contributed by atoms with Gasteiger partial charge in [0, 0.05) is 123 Å². The van der Waals surface area contributed by atoms with E-state index < -0.39 is 66.7 Å². The molecule has 76 heavy (non-hydrogen) atoms. The monoisotopic (exact) mass is 1080 g/mol. The molecule has 1 aromatic carbocycles. The molecule has 4 aliphatic rings. The zero-order valence-corrected chi connectivity index (χ0v) is 43.4. The molecule has 3 saturated heterocycles. The van der Waals surface area contributed by atoms with Crippen molar-refractivity contribution >= 4 is 47.4 Å². The fourth-order valence-electron chi connectivity index (χ4n) is 10.00. The molecule has 7 N–H and O–H groups in total. The molecule has 3 fully saturated rings. The predicted molar refractivity (Wildman–Crippen MR) is 267 cm³/mol. The number of likely N-dealkylation sites (tertiary alicyclic amines) is 1. The van der Waals surface area contributed by atoms with Crippen molar-refractivity contribution in [2.24, 2.45) is 5.92 Å². The number of carboxylic acids is 3. The summed E-state index contributed by atoms with van der Waals surface area (Å²) in [7, 11) is 1.54. The number of aryl methyl sites for hydroxylation is 1. The molecule has 5 amide bonds. The van der Waals surface area contributed by atoms with Crippen molar-refractivity contribution in [3.05, 3.63) is 34.9 Å². The van der Waals surface area contributed by atoms with E-state index in [1.165, 1.54) is 4.90 Å². The molecule has 0 bridgehead atoms. The molecule has 0 saturated carbocycles. The van der Waals surface area contributed by atoms with Crippen molar-refractivity contribution in [2.75, 3.05) is 132 Å². The Labute approximate surface area is 441 Å². The number of alkyl halides is 2. The van der Waals surface area contributed by atoms with Crippen molar-refractivity contribution in [2.45, 2.75) is 88.5 Å². The second-order valence-corrected chi connectivity index (χ2v) is 19.9. The van der Waals surface area contributed by atoms with Crippen molar-refractivity contribution in [1.29, 1.82) is 5.26 Å². The van der Waals surface area contributed by atoms with Crippen LogP contribution in [0.1, 0.15) is 61.6 Å². The molecule has 422 valence electrons. The smallest absolute Gasteiger partial charge is 0.317 e. The number of rotatable bonds is 28. The normalized spacial score (nSPS) is 21.4. The molecule has 1 aromatic rings. The summed E-state index contributed by atoms with van der Waals surface area (Å²) in [6.45, 7) is 2.64. The Bertz CT molecular complexity index is 2170. The van der Waals surface area contributed by atoms with E-state index in [1.807, 2.05) is 29.2 Å². The van der Waals surface area contributed by atoms with Crippen molar-refractivity contribution in [1.82, 2.24) is 50.7 Å². The molecule has 5 rings (SSSR count). The summed E-state index contributed by atoms with van der Waals surface area (Å²) in [5.74, 6) is -8.46. The number of fused-ring (bicyclic) bond motifs is 1. The van der Waals surface area contributed by atoms with Crippen LogP contribution in [0, 0.1) is 17.2 Å². The Hall–Kier alpha value is -5.95. The Morgan fingerprint density at radius 2 is 1.43 bits per heavy atom. The minimum Gasteiger partial charge on any atom is -0.480 e. The van der Waals surface area contributed by atoms with Gasteiger partial charge in [0.05, 0.1) is 58.6 Å². The second kappa shape index (κ2) is 30.7. The van der Waals surface area contributed by atoms with Crippen LogP contribution in [0.15, 0.2) is 18.2 Å². The lowest BCUT2D eigenvalue weighted by Crippen LogP contribution is -2.49. The van der Waals surface area contributed by atoms with Crippen molar-refractivity contribution < 1.29 is 71.9 Å². The molecule has 4 aliphatic heterocycles. The number of nitrogens with one attached hydrogen (secondary N) is 4. The fraction of sp³-hybridized carbons (Fsp3) is 0.700. The van der Waals surface area contributed by atoms with Gasteiger partial charge in [-0.3, -0.25) is 62.9 Å². The number of nitriles is 1. The number of amides is 5. The SMILES string of the molecule is COCCOCCNC(=O)C(CCCCNC(=O)CN1CCN(CC(=O)O)CCN(CC(=O)O)CCN(CC(=O)O)CC1)NC(=O)CCc1cccc2c1CN(C(=O)C[C@@H]1C[C@@H](CN3CC(F)(F)C[C@H]3C#N)NC1=O)C2. The number of hydrogen-bond donors (Lipinski definition) is 7. The van der Waals surface area contributed by atoms with Gasteiger partial charge in [-0.05, 0) is 48.8 Å². The molecule has 1 unspecified atom stereocenters. The number of unbranched alkanes of at least 4 members (excludes halogenated alkanes) is 1. The lowest BCUT2D eigenvalue weighted by atomic mass is 9.99. The maximum absolute atomic E-state index is 14.0. The van der Waals surface area contributed by atoms with Crippen molar-refractivity contribution in [3.8, 4) is 6.07 Å². The van der Waals surface area contributed by atoms with E-state index in [9.17, 15) is 67.7 Å².